The molecule has 4 heteroatoms. The SMILES string of the molecule is CNCCC1Oc2ccc(OC)cc2NC1C. The van der Waals surface area contributed by atoms with Gasteiger partial charge in [-0.05, 0) is 39.1 Å². The average molecular weight is 236 g/mol. The topological polar surface area (TPSA) is 42.5 Å². The maximum atomic E-state index is 5.99. The summed E-state index contributed by atoms with van der Waals surface area (Å²) in [6.07, 6.45) is 1.21. The van der Waals surface area contributed by atoms with Crippen molar-refractivity contribution in [2.75, 3.05) is 26.0 Å². The van der Waals surface area contributed by atoms with Crippen LogP contribution in [0.15, 0.2) is 18.2 Å². The predicted octanol–water partition coefficient (Wildman–Crippen LogP) is 1.87. The highest BCUT2D eigenvalue weighted by Crippen LogP contribution is 2.34. The van der Waals surface area contributed by atoms with Crippen molar-refractivity contribution in [2.24, 2.45) is 0 Å². The van der Waals surface area contributed by atoms with Crippen LogP contribution in [0.5, 0.6) is 11.5 Å². The van der Waals surface area contributed by atoms with E-state index in [2.05, 4.69) is 17.6 Å². The van der Waals surface area contributed by atoms with Gasteiger partial charge in [-0.2, -0.15) is 0 Å². The molecule has 1 aliphatic heterocycles. The third kappa shape index (κ3) is 2.64. The minimum atomic E-state index is 0.211. The number of benzene rings is 1. The maximum Gasteiger partial charge on any atom is 0.143 e. The molecule has 0 amide bonds. The van der Waals surface area contributed by atoms with Crippen LogP contribution in [0.3, 0.4) is 0 Å². The zero-order valence-corrected chi connectivity index (χ0v) is 10.6. The molecule has 0 fully saturated rings. The number of hydrogen-bond acceptors (Lipinski definition) is 4. The minimum Gasteiger partial charge on any atom is -0.497 e. The number of nitrogens with one attached hydrogen (secondary N) is 2. The largest absolute Gasteiger partial charge is 0.497 e. The third-order valence-corrected chi connectivity index (χ3v) is 3.08. The van der Waals surface area contributed by atoms with Gasteiger partial charge >= 0.3 is 0 Å². The van der Waals surface area contributed by atoms with Crippen molar-refractivity contribution in [1.29, 1.82) is 0 Å². The lowest BCUT2D eigenvalue weighted by molar-refractivity contribution is 0.165. The summed E-state index contributed by atoms with van der Waals surface area (Å²) in [5.41, 5.74) is 1.01. The Morgan fingerprint density at radius 3 is 3.00 bits per heavy atom. The Hall–Kier alpha value is -1.42. The second-order valence-electron chi connectivity index (χ2n) is 4.34. The lowest BCUT2D eigenvalue weighted by Crippen LogP contribution is -2.40. The summed E-state index contributed by atoms with van der Waals surface area (Å²) in [6, 6.07) is 6.16. The quantitative estimate of drug-likeness (QED) is 0.837. The summed E-state index contributed by atoms with van der Waals surface area (Å²) in [4.78, 5) is 0. The van der Waals surface area contributed by atoms with E-state index in [1.165, 1.54) is 0 Å². The lowest BCUT2D eigenvalue weighted by Gasteiger charge is -2.33. The molecule has 1 aromatic rings. The molecule has 0 aromatic heterocycles. The van der Waals surface area contributed by atoms with Gasteiger partial charge in [0, 0.05) is 6.07 Å². The van der Waals surface area contributed by atoms with Crippen molar-refractivity contribution in [1.82, 2.24) is 5.32 Å². The molecule has 94 valence electrons. The Bertz CT molecular complexity index is 382. The Balaban J connectivity index is 2.12. The molecular formula is C13H20N2O2. The summed E-state index contributed by atoms with van der Waals surface area (Å²) in [6.45, 7) is 3.10. The molecule has 2 rings (SSSR count). The van der Waals surface area contributed by atoms with Crippen LogP contribution < -0.4 is 20.1 Å². The first-order valence-corrected chi connectivity index (χ1v) is 6.00. The first kappa shape index (κ1) is 12.0. The van der Waals surface area contributed by atoms with Crippen LogP contribution in [0.4, 0.5) is 5.69 Å². The van der Waals surface area contributed by atoms with E-state index in [1.807, 2.05) is 25.2 Å². The molecule has 1 aromatic carbocycles. The normalized spacial score (nSPS) is 22.3. The summed E-state index contributed by atoms with van der Waals surface area (Å²) in [5, 5.41) is 6.61. The highest BCUT2D eigenvalue weighted by molar-refractivity contribution is 5.61. The smallest absolute Gasteiger partial charge is 0.143 e. The van der Waals surface area contributed by atoms with E-state index in [-0.39, 0.29) is 6.10 Å². The molecule has 2 N–H and O–H groups in total. The number of ether oxygens (including phenoxy) is 2. The van der Waals surface area contributed by atoms with Crippen LogP contribution in [-0.4, -0.2) is 32.8 Å². The van der Waals surface area contributed by atoms with E-state index in [1.54, 1.807) is 7.11 Å². The Morgan fingerprint density at radius 1 is 1.47 bits per heavy atom. The van der Waals surface area contributed by atoms with Crippen LogP contribution in [0.25, 0.3) is 0 Å². The number of hydrogen-bond donors (Lipinski definition) is 2. The van der Waals surface area contributed by atoms with Crippen molar-refractivity contribution in [3.63, 3.8) is 0 Å². The van der Waals surface area contributed by atoms with Gasteiger partial charge in [0.25, 0.3) is 0 Å². The molecular weight excluding hydrogens is 216 g/mol. The Kier molecular flexibility index (Phi) is 3.74. The van der Waals surface area contributed by atoms with E-state index < -0.39 is 0 Å². The van der Waals surface area contributed by atoms with Crippen molar-refractivity contribution in [2.45, 2.75) is 25.5 Å². The first-order chi connectivity index (χ1) is 8.24. The summed E-state index contributed by atoms with van der Waals surface area (Å²) in [5.74, 6) is 1.76. The van der Waals surface area contributed by atoms with E-state index >= 15 is 0 Å². The standard InChI is InChI=1S/C13H20N2O2/c1-9-12(6-7-14-2)17-13-5-4-10(16-3)8-11(13)15-9/h4-5,8-9,12,14-15H,6-7H2,1-3H3. The number of anilines is 1. The maximum absolute atomic E-state index is 5.99. The van der Waals surface area contributed by atoms with Gasteiger partial charge in [-0.15, -0.1) is 0 Å². The fraction of sp³-hybridized carbons (Fsp3) is 0.538. The Morgan fingerprint density at radius 2 is 2.29 bits per heavy atom. The summed E-state index contributed by atoms with van der Waals surface area (Å²) < 4.78 is 11.2. The zero-order valence-electron chi connectivity index (χ0n) is 10.6. The summed E-state index contributed by atoms with van der Waals surface area (Å²) >= 11 is 0. The van der Waals surface area contributed by atoms with Gasteiger partial charge in [-0.1, -0.05) is 0 Å². The highest BCUT2D eigenvalue weighted by atomic mass is 16.5. The van der Waals surface area contributed by atoms with E-state index in [0.29, 0.717) is 6.04 Å². The second-order valence-corrected chi connectivity index (χ2v) is 4.34. The van der Waals surface area contributed by atoms with Gasteiger partial charge in [0.15, 0.2) is 0 Å². The van der Waals surface area contributed by atoms with Crippen molar-refractivity contribution < 1.29 is 9.47 Å². The fourth-order valence-corrected chi connectivity index (χ4v) is 2.05. The molecule has 1 aliphatic rings. The van der Waals surface area contributed by atoms with Crippen LogP contribution in [0.1, 0.15) is 13.3 Å². The minimum absolute atomic E-state index is 0.211. The van der Waals surface area contributed by atoms with Gasteiger partial charge < -0.3 is 20.1 Å². The molecule has 1 heterocycles. The van der Waals surface area contributed by atoms with Crippen LogP contribution in [0, 0.1) is 0 Å². The van der Waals surface area contributed by atoms with Gasteiger partial charge in [0.1, 0.15) is 17.6 Å². The number of fused-ring (bicyclic) bond motifs is 1. The molecule has 0 saturated carbocycles. The zero-order chi connectivity index (χ0) is 12.3. The predicted molar refractivity (Wildman–Crippen MR) is 69.0 cm³/mol. The molecule has 2 unspecified atom stereocenters. The van der Waals surface area contributed by atoms with Gasteiger partial charge in [-0.25, -0.2) is 0 Å². The Labute approximate surface area is 102 Å². The van der Waals surface area contributed by atoms with Gasteiger partial charge in [0.05, 0.1) is 18.8 Å². The van der Waals surface area contributed by atoms with Gasteiger partial charge in [-0.3, -0.25) is 0 Å². The van der Waals surface area contributed by atoms with E-state index in [9.17, 15) is 0 Å². The van der Waals surface area contributed by atoms with Gasteiger partial charge in [0.2, 0.25) is 0 Å². The molecule has 2 atom stereocenters. The van der Waals surface area contributed by atoms with Crippen molar-refractivity contribution in [3.05, 3.63) is 18.2 Å². The fourth-order valence-electron chi connectivity index (χ4n) is 2.05. The molecule has 17 heavy (non-hydrogen) atoms. The molecule has 4 nitrogen and oxygen atoms in total. The van der Waals surface area contributed by atoms with Crippen molar-refractivity contribution >= 4 is 5.69 Å². The highest BCUT2D eigenvalue weighted by Gasteiger charge is 2.25. The number of methoxy groups -OCH3 is 1. The van der Waals surface area contributed by atoms with E-state index in [4.69, 9.17) is 9.47 Å². The molecule has 0 saturated heterocycles. The average Bonchev–Trinajstić information content (AvgIpc) is 2.35. The van der Waals surface area contributed by atoms with Crippen molar-refractivity contribution in [3.8, 4) is 11.5 Å². The van der Waals surface area contributed by atoms with Crippen LogP contribution in [-0.2, 0) is 0 Å². The second kappa shape index (κ2) is 5.27. The van der Waals surface area contributed by atoms with Crippen LogP contribution in [0.2, 0.25) is 0 Å². The van der Waals surface area contributed by atoms with Crippen LogP contribution >= 0.6 is 0 Å². The first-order valence-electron chi connectivity index (χ1n) is 6.00. The number of rotatable bonds is 4. The molecule has 0 radical (unpaired) electrons. The van der Waals surface area contributed by atoms with E-state index in [0.717, 1.165) is 30.2 Å². The molecule has 0 spiro atoms. The summed E-state index contributed by atoms with van der Waals surface area (Å²) in [7, 11) is 3.63. The molecule has 0 bridgehead atoms. The molecule has 0 aliphatic carbocycles. The monoisotopic (exact) mass is 236 g/mol. The lowest BCUT2D eigenvalue weighted by atomic mass is 10.1. The third-order valence-electron chi connectivity index (χ3n) is 3.08.